The number of anilines is 1. The third kappa shape index (κ3) is 2.04. The summed E-state index contributed by atoms with van der Waals surface area (Å²) in [7, 11) is -0.615. The lowest BCUT2D eigenvalue weighted by atomic mass is 10.1. The Balaban J connectivity index is 1.83. The van der Waals surface area contributed by atoms with Crippen molar-refractivity contribution in [2.24, 2.45) is 0 Å². The van der Waals surface area contributed by atoms with Crippen LogP contribution in [0.25, 0.3) is 11.0 Å². The van der Waals surface area contributed by atoms with Gasteiger partial charge in [-0.3, -0.25) is 4.21 Å². The van der Waals surface area contributed by atoms with Gasteiger partial charge in [-0.2, -0.15) is 0 Å². The number of nitrogens with two attached hydrogens (primary N) is 1. The summed E-state index contributed by atoms with van der Waals surface area (Å²) in [4.78, 5) is 4.84. The van der Waals surface area contributed by atoms with Crippen LogP contribution >= 0.6 is 0 Å². The predicted molar refractivity (Wildman–Crippen MR) is 82.3 cm³/mol. The zero-order valence-electron chi connectivity index (χ0n) is 11.4. The fourth-order valence-electron chi connectivity index (χ4n) is 3.19. The van der Waals surface area contributed by atoms with Crippen molar-refractivity contribution >= 4 is 27.5 Å². The van der Waals surface area contributed by atoms with Gasteiger partial charge in [0.15, 0.2) is 0 Å². The maximum absolute atomic E-state index is 11.6. The zero-order chi connectivity index (χ0) is 13.7. The maximum atomic E-state index is 11.6. The quantitative estimate of drug-likeness (QED) is 0.864. The van der Waals surface area contributed by atoms with E-state index in [1.807, 2.05) is 12.1 Å². The lowest BCUT2D eigenvalue weighted by Gasteiger charge is -2.25. The zero-order valence-corrected chi connectivity index (χ0v) is 12.2. The van der Waals surface area contributed by atoms with Gasteiger partial charge in [-0.25, -0.2) is 4.98 Å². The normalized spacial score (nSPS) is 27.0. The van der Waals surface area contributed by atoms with Gasteiger partial charge in [0.25, 0.3) is 0 Å². The first-order valence-corrected chi connectivity index (χ1v) is 8.83. The predicted octanol–water partition coefficient (Wildman–Crippen LogP) is 2.58. The molecule has 2 aromatic rings. The van der Waals surface area contributed by atoms with Crippen molar-refractivity contribution in [2.75, 3.05) is 17.2 Å². The fraction of sp³-hybridized carbons (Fsp3) is 0.533. The third-order valence-corrected chi connectivity index (χ3v) is 5.79. The first-order chi connectivity index (χ1) is 9.72. The number of nitrogens with zero attached hydrogens (tertiary/aromatic N) is 2. The van der Waals surface area contributed by atoms with Crippen LogP contribution < -0.4 is 5.73 Å². The first kappa shape index (κ1) is 12.4. The van der Waals surface area contributed by atoms with E-state index in [1.165, 1.54) is 24.2 Å². The van der Waals surface area contributed by atoms with Crippen molar-refractivity contribution in [1.82, 2.24) is 9.55 Å². The number of imidazole rings is 1. The molecule has 4 rings (SSSR count). The number of hydrogen-bond donors (Lipinski definition) is 1. The first-order valence-electron chi connectivity index (χ1n) is 7.35. The van der Waals surface area contributed by atoms with E-state index in [-0.39, 0.29) is 0 Å². The van der Waals surface area contributed by atoms with Crippen LogP contribution in [0, 0.1) is 0 Å². The van der Waals surface area contributed by atoms with E-state index < -0.39 is 10.8 Å². The molecule has 0 radical (unpaired) electrons. The van der Waals surface area contributed by atoms with Crippen molar-refractivity contribution in [1.29, 1.82) is 0 Å². The van der Waals surface area contributed by atoms with Crippen LogP contribution in [0.2, 0.25) is 0 Å². The van der Waals surface area contributed by atoms with E-state index in [4.69, 9.17) is 10.7 Å². The summed E-state index contributed by atoms with van der Waals surface area (Å²) in [6.07, 6.45) is 4.50. The van der Waals surface area contributed by atoms with E-state index in [2.05, 4.69) is 10.6 Å². The molecular weight excluding hydrogens is 270 g/mol. The summed E-state index contributed by atoms with van der Waals surface area (Å²) in [6.45, 7) is 0. The van der Waals surface area contributed by atoms with E-state index in [9.17, 15) is 4.21 Å². The number of aromatic nitrogens is 2. The number of hydrogen-bond acceptors (Lipinski definition) is 3. The Morgan fingerprint density at radius 3 is 2.65 bits per heavy atom. The van der Waals surface area contributed by atoms with Gasteiger partial charge in [-0.1, -0.05) is 0 Å². The molecule has 0 spiro atoms. The Morgan fingerprint density at radius 2 is 1.95 bits per heavy atom. The minimum atomic E-state index is -0.615. The molecule has 1 aromatic carbocycles. The molecule has 1 saturated heterocycles. The second-order valence-corrected chi connectivity index (χ2v) is 7.64. The van der Waals surface area contributed by atoms with Gasteiger partial charge < -0.3 is 10.3 Å². The lowest BCUT2D eigenvalue weighted by Crippen LogP contribution is -2.22. The largest absolute Gasteiger partial charge is 0.399 e. The third-order valence-electron chi connectivity index (χ3n) is 4.41. The highest BCUT2D eigenvalue weighted by molar-refractivity contribution is 7.85. The minimum Gasteiger partial charge on any atom is -0.399 e. The van der Waals surface area contributed by atoms with Crippen molar-refractivity contribution in [2.45, 2.75) is 37.6 Å². The Hall–Kier alpha value is -1.36. The number of fused-ring (bicyclic) bond motifs is 1. The van der Waals surface area contributed by atoms with Crippen molar-refractivity contribution < 1.29 is 4.21 Å². The molecule has 2 aliphatic rings. The SMILES string of the molecule is Nc1ccc2c(c1)nc(C1CC1)n2C1CCS(=O)CC1. The van der Waals surface area contributed by atoms with Crippen LogP contribution in [0.3, 0.4) is 0 Å². The van der Waals surface area contributed by atoms with Crippen LogP contribution in [-0.4, -0.2) is 25.3 Å². The van der Waals surface area contributed by atoms with Crippen LogP contribution in [-0.2, 0) is 10.8 Å². The highest BCUT2D eigenvalue weighted by Gasteiger charge is 2.32. The Labute approximate surface area is 120 Å². The molecule has 0 bridgehead atoms. The molecule has 0 amide bonds. The summed E-state index contributed by atoms with van der Waals surface area (Å²) in [5, 5.41) is 0. The standard InChI is InChI=1S/C15H19N3OS/c16-11-3-4-14-13(9-11)17-15(10-1-2-10)18(14)12-5-7-20(19)8-6-12/h3-4,9-10,12H,1-2,5-8,16H2. The summed E-state index contributed by atoms with van der Waals surface area (Å²) < 4.78 is 14.0. The monoisotopic (exact) mass is 289 g/mol. The van der Waals surface area contributed by atoms with E-state index in [0.717, 1.165) is 35.6 Å². The Kier molecular flexibility index (Phi) is 2.84. The molecule has 4 nitrogen and oxygen atoms in total. The maximum Gasteiger partial charge on any atom is 0.113 e. The Bertz CT molecular complexity index is 680. The van der Waals surface area contributed by atoms with Gasteiger partial charge in [0.05, 0.1) is 11.0 Å². The van der Waals surface area contributed by atoms with Gasteiger partial charge in [-0.15, -0.1) is 0 Å². The lowest BCUT2D eigenvalue weighted by molar-refractivity contribution is 0.458. The van der Waals surface area contributed by atoms with Crippen molar-refractivity contribution in [3.8, 4) is 0 Å². The van der Waals surface area contributed by atoms with Crippen LogP contribution in [0.1, 0.15) is 43.5 Å². The topological polar surface area (TPSA) is 60.9 Å². The smallest absolute Gasteiger partial charge is 0.113 e. The molecule has 1 saturated carbocycles. The van der Waals surface area contributed by atoms with Crippen molar-refractivity contribution in [3.63, 3.8) is 0 Å². The fourth-order valence-corrected chi connectivity index (χ4v) is 4.46. The molecule has 2 heterocycles. The molecule has 2 N–H and O–H groups in total. The molecule has 106 valence electrons. The molecule has 20 heavy (non-hydrogen) atoms. The van der Waals surface area contributed by atoms with Crippen molar-refractivity contribution in [3.05, 3.63) is 24.0 Å². The summed E-state index contributed by atoms with van der Waals surface area (Å²) >= 11 is 0. The second-order valence-electron chi connectivity index (χ2n) is 5.94. The molecule has 2 fully saturated rings. The second kappa shape index (κ2) is 4.58. The molecule has 1 aliphatic heterocycles. The molecular formula is C15H19N3OS. The highest BCUT2D eigenvalue weighted by atomic mass is 32.2. The number of nitrogen functional groups attached to an aromatic ring is 1. The molecule has 1 aliphatic carbocycles. The number of benzene rings is 1. The van der Waals surface area contributed by atoms with E-state index in [0.29, 0.717) is 12.0 Å². The van der Waals surface area contributed by atoms with Gasteiger partial charge in [0.1, 0.15) is 5.82 Å². The molecule has 1 aromatic heterocycles. The minimum absolute atomic E-state index is 0.455. The molecule has 0 atom stereocenters. The van der Waals surface area contributed by atoms with Gasteiger partial charge in [-0.05, 0) is 43.9 Å². The average molecular weight is 289 g/mol. The van der Waals surface area contributed by atoms with E-state index in [1.54, 1.807) is 0 Å². The molecule has 5 heteroatoms. The Morgan fingerprint density at radius 1 is 1.20 bits per heavy atom. The molecule has 0 unspecified atom stereocenters. The van der Waals surface area contributed by atoms with E-state index >= 15 is 0 Å². The van der Waals surface area contributed by atoms with Gasteiger partial charge in [0.2, 0.25) is 0 Å². The van der Waals surface area contributed by atoms with Gasteiger partial charge in [0, 0.05) is 40.0 Å². The van der Waals surface area contributed by atoms with Crippen LogP contribution in [0.15, 0.2) is 18.2 Å². The van der Waals surface area contributed by atoms with Crippen LogP contribution in [0.4, 0.5) is 5.69 Å². The van der Waals surface area contributed by atoms with Crippen LogP contribution in [0.5, 0.6) is 0 Å². The highest BCUT2D eigenvalue weighted by Crippen LogP contribution is 2.43. The van der Waals surface area contributed by atoms with Gasteiger partial charge >= 0.3 is 0 Å². The average Bonchev–Trinajstić information content (AvgIpc) is 3.21. The summed E-state index contributed by atoms with van der Waals surface area (Å²) in [6, 6.07) is 6.48. The summed E-state index contributed by atoms with van der Waals surface area (Å²) in [5.74, 6) is 3.49. The summed E-state index contributed by atoms with van der Waals surface area (Å²) in [5.41, 5.74) is 8.86. The number of rotatable bonds is 2.